The van der Waals surface area contributed by atoms with Crippen molar-refractivity contribution in [3.05, 3.63) is 0 Å². The zero-order valence-corrected chi connectivity index (χ0v) is 46.6. The van der Waals surface area contributed by atoms with E-state index in [1.807, 2.05) is 0 Å². The molecule has 73 heavy (non-hydrogen) atoms. The molecule has 8 N–H and O–H groups in total. The van der Waals surface area contributed by atoms with Crippen LogP contribution < -0.4 is 33.1 Å². The van der Waals surface area contributed by atoms with Crippen molar-refractivity contribution >= 4 is 48.2 Å². The van der Waals surface area contributed by atoms with E-state index < -0.39 is 35.7 Å². The number of ether oxygens (including phenoxy) is 3. The quantitative estimate of drug-likeness (QED) is 0.0147. The van der Waals surface area contributed by atoms with Crippen LogP contribution >= 0.6 is 0 Å². The highest BCUT2D eigenvalue weighted by molar-refractivity contribution is 5.92. The number of rotatable bonds is 55. The van der Waals surface area contributed by atoms with Gasteiger partial charge in [0.2, 0.25) is 17.7 Å². The number of carbonyl (C=O) groups excluding carboxylic acids is 4. The SMILES string of the molecule is CCCCCCCCCCCCOCC/C=N/NC(=O)CC[C@H](N=C(N)N)C(=O)N[C@@H](CCC(=O)N/N=C/CCOCCCCCCCCCCCC)C(=O)N/N=C/CCOCCCCCCCCCCCC. The highest BCUT2D eigenvalue weighted by Crippen LogP contribution is 2.13. The van der Waals surface area contributed by atoms with Gasteiger partial charge >= 0.3 is 0 Å². The summed E-state index contributed by atoms with van der Waals surface area (Å²) in [7, 11) is 0. The second-order valence-electron chi connectivity index (χ2n) is 19.4. The van der Waals surface area contributed by atoms with E-state index in [4.69, 9.17) is 25.7 Å². The third-order valence-corrected chi connectivity index (χ3v) is 12.5. The Bertz CT molecular complexity index is 1410. The van der Waals surface area contributed by atoms with E-state index in [0.29, 0.717) is 58.9 Å². The van der Waals surface area contributed by atoms with Crippen LogP contribution in [0, 0.1) is 0 Å². The maximum Gasteiger partial charge on any atom is 0.262 e. The summed E-state index contributed by atoms with van der Waals surface area (Å²) < 4.78 is 17.2. The van der Waals surface area contributed by atoms with E-state index in [1.165, 1.54) is 167 Å². The highest BCUT2D eigenvalue weighted by Gasteiger charge is 2.27. The fourth-order valence-corrected chi connectivity index (χ4v) is 8.03. The lowest BCUT2D eigenvalue weighted by atomic mass is 10.1. The maximum atomic E-state index is 13.6. The maximum absolute atomic E-state index is 13.6. The van der Waals surface area contributed by atoms with Crippen molar-refractivity contribution in [2.75, 3.05) is 39.6 Å². The summed E-state index contributed by atoms with van der Waals surface area (Å²) in [5.74, 6) is -2.60. The standard InChI is InChI=1S/C56H108N10O7/c1-4-7-10-13-16-19-22-25-28-31-44-71-47-34-41-59-64-52(67)39-37-50(63-56(57)58)54(69)62-51(55(70)66-61-43-36-49-73-46-33-30-27-24-21-18-15-12-9-6-3)38-40-53(68)65-60-42-35-48-72-45-32-29-26-23-20-17-14-11-8-5-2/h41-43,50-51H,4-40,44-49H2,1-3H3,(H,62,69)(H,64,67)(H,65,68)(H,66,70)(H4,57,58,63)/b59-41+,60-42+,61-43+/t50-,51-/m0/s1. The fourth-order valence-electron chi connectivity index (χ4n) is 8.03. The highest BCUT2D eigenvalue weighted by atomic mass is 16.5. The summed E-state index contributed by atoms with van der Waals surface area (Å²) in [6, 6.07) is -2.38. The van der Waals surface area contributed by atoms with Crippen LogP contribution in [0.2, 0.25) is 0 Å². The molecule has 0 unspecified atom stereocenters. The molecule has 0 aromatic carbocycles. The Balaban J connectivity index is 4.93. The Morgan fingerprint density at radius 2 is 0.726 bits per heavy atom. The van der Waals surface area contributed by atoms with Crippen molar-refractivity contribution in [3.63, 3.8) is 0 Å². The molecule has 0 aliphatic heterocycles. The lowest BCUT2D eigenvalue weighted by Crippen LogP contribution is -2.49. The zero-order valence-electron chi connectivity index (χ0n) is 46.6. The van der Waals surface area contributed by atoms with Gasteiger partial charge in [-0.15, -0.1) is 0 Å². The van der Waals surface area contributed by atoms with E-state index in [0.717, 1.165) is 32.1 Å². The number of carbonyl (C=O) groups is 4. The van der Waals surface area contributed by atoms with Crippen LogP contribution in [-0.4, -0.2) is 100.0 Å². The van der Waals surface area contributed by atoms with Crippen molar-refractivity contribution in [3.8, 4) is 0 Å². The van der Waals surface area contributed by atoms with Gasteiger partial charge in [-0.05, 0) is 32.1 Å². The number of nitrogens with zero attached hydrogens (tertiary/aromatic N) is 4. The Morgan fingerprint density at radius 3 is 1.07 bits per heavy atom. The summed E-state index contributed by atoms with van der Waals surface area (Å²) >= 11 is 0. The molecule has 0 aromatic rings. The summed E-state index contributed by atoms with van der Waals surface area (Å²) in [5.41, 5.74) is 18.7. The normalized spacial score (nSPS) is 12.4. The van der Waals surface area contributed by atoms with Crippen LogP contribution in [0.1, 0.15) is 258 Å². The molecule has 0 saturated heterocycles. The number of nitrogens with two attached hydrogens (primary N) is 2. The molecule has 4 amide bonds. The zero-order chi connectivity index (χ0) is 53.3. The molecule has 424 valence electrons. The fraction of sp³-hybridized carbons (Fsp3) is 0.857. The second-order valence-corrected chi connectivity index (χ2v) is 19.4. The average Bonchev–Trinajstić information content (AvgIpc) is 3.38. The van der Waals surface area contributed by atoms with E-state index in [2.05, 4.69) is 62.7 Å². The molecular weight excluding hydrogens is 925 g/mol. The van der Waals surface area contributed by atoms with Gasteiger partial charge in [0, 0.05) is 70.6 Å². The predicted octanol–water partition coefficient (Wildman–Crippen LogP) is 11.0. The molecule has 0 radical (unpaired) electrons. The van der Waals surface area contributed by atoms with Crippen LogP contribution in [0.3, 0.4) is 0 Å². The first-order valence-electron chi connectivity index (χ1n) is 29.3. The molecule has 0 aliphatic carbocycles. The van der Waals surface area contributed by atoms with E-state index in [-0.39, 0.29) is 31.6 Å². The first kappa shape index (κ1) is 69.0. The van der Waals surface area contributed by atoms with Crippen LogP contribution in [0.25, 0.3) is 0 Å². The predicted molar refractivity (Wildman–Crippen MR) is 302 cm³/mol. The molecular formula is C56H108N10O7. The molecule has 0 spiro atoms. The summed E-state index contributed by atoms with van der Waals surface area (Å²) in [4.78, 5) is 56.4. The Hall–Kier alpha value is -3.96. The molecule has 0 saturated carbocycles. The van der Waals surface area contributed by atoms with E-state index in [1.54, 1.807) is 12.4 Å². The van der Waals surface area contributed by atoms with Crippen LogP contribution in [0.4, 0.5) is 0 Å². The van der Waals surface area contributed by atoms with Crippen molar-refractivity contribution in [1.29, 1.82) is 0 Å². The van der Waals surface area contributed by atoms with Crippen LogP contribution in [-0.2, 0) is 33.4 Å². The van der Waals surface area contributed by atoms with Gasteiger partial charge in [0.05, 0.1) is 19.8 Å². The second kappa shape index (κ2) is 55.8. The number of amides is 4. The third-order valence-electron chi connectivity index (χ3n) is 12.5. The van der Waals surface area contributed by atoms with Gasteiger partial charge in [-0.3, -0.25) is 19.2 Å². The lowest BCUT2D eigenvalue weighted by molar-refractivity contribution is -0.130. The van der Waals surface area contributed by atoms with Gasteiger partial charge in [0.1, 0.15) is 12.1 Å². The Kier molecular flexibility index (Phi) is 52.8. The molecule has 0 aliphatic rings. The number of nitrogens with one attached hydrogen (secondary N) is 4. The molecule has 0 heterocycles. The number of hydrogen-bond donors (Lipinski definition) is 6. The van der Waals surface area contributed by atoms with Gasteiger partial charge in [0.15, 0.2) is 5.96 Å². The lowest BCUT2D eigenvalue weighted by Gasteiger charge is -2.19. The molecule has 0 bridgehead atoms. The van der Waals surface area contributed by atoms with Gasteiger partial charge in [-0.1, -0.05) is 194 Å². The number of hydrogen-bond acceptors (Lipinski definition) is 11. The summed E-state index contributed by atoms with van der Waals surface area (Å²) in [6.45, 7) is 10.3. The molecule has 2 atom stereocenters. The third kappa shape index (κ3) is 51.3. The average molecular weight is 1030 g/mol. The van der Waals surface area contributed by atoms with Gasteiger partial charge in [-0.25, -0.2) is 21.3 Å². The minimum Gasteiger partial charge on any atom is -0.381 e. The minimum atomic E-state index is -1.20. The van der Waals surface area contributed by atoms with E-state index in [9.17, 15) is 19.2 Å². The number of hydrazone groups is 3. The molecule has 0 rings (SSSR count). The van der Waals surface area contributed by atoms with Crippen molar-refractivity contribution in [2.24, 2.45) is 31.8 Å². The molecule has 17 nitrogen and oxygen atoms in total. The molecule has 17 heteroatoms. The van der Waals surface area contributed by atoms with Crippen LogP contribution in [0.5, 0.6) is 0 Å². The molecule has 0 fully saturated rings. The number of unbranched alkanes of at least 4 members (excludes halogenated alkanes) is 27. The minimum absolute atomic E-state index is 0.0726. The monoisotopic (exact) mass is 1030 g/mol. The topological polar surface area (TPSA) is 246 Å². The summed E-state index contributed by atoms with van der Waals surface area (Å²) in [6.07, 6.45) is 43.8. The first-order valence-corrected chi connectivity index (χ1v) is 29.3. The Morgan fingerprint density at radius 1 is 0.411 bits per heavy atom. The number of guanidine groups is 1. The van der Waals surface area contributed by atoms with Crippen LogP contribution in [0.15, 0.2) is 20.3 Å². The van der Waals surface area contributed by atoms with Crippen molar-refractivity contribution < 1.29 is 33.4 Å². The van der Waals surface area contributed by atoms with E-state index >= 15 is 0 Å². The first-order chi connectivity index (χ1) is 35.7. The smallest absolute Gasteiger partial charge is 0.262 e. The van der Waals surface area contributed by atoms with Gasteiger partial charge in [-0.2, -0.15) is 15.3 Å². The van der Waals surface area contributed by atoms with Gasteiger partial charge < -0.3 is 31.0 Å². The van der Waals surface area contributed by atoms with Crippen molar-refractivity contribution in [1.82, 2.24) is 21.6 Å². The Labute approximate surface area is 443 Å². The molecule has 0 aromatic heterocycles. The number of aliphatic imine (C=N–C) groups is 1. The summed E-state index contributed by atoms with van der Waals surface area (Å²) in [5, 5.41) is 14.7. The van der Waals surface area contributed by atoms with Crippen molar-refractivity contribution in [2.45, 2.75) is 270 Å². The van der Waals surface area contributed by atoms with Gasteiger partial charge in [0.25, 0.3) is 5.91 Å². The largest absolute Gasteiger partial charge is 0.381 e.